The van der Waals surface area contributed by atoms with Crippen LogP contribution in [0.3, 0.4) is 0 Å². The molecule has 0 radical (unpaired) electrons. The Kier molecular flexibility index (Phi) is 5.20. The summed E-state index contributed by atoms with van der Waals surface area (Å²) >= 11 is 6.06. The predicted molar refractivity (Wildman–Crippen MR) is 98.8 cm³/mol. The molecule has 2 amide bonds. The van der Waals surface area contributed by atoms with Gasteiger partial charge < -0.3 is 10.6 Å². The van der Waals surface area contributed by atoms with E-state index in [1.165, 1.54) is 6.07 Å². The maximum atomic E-state index is 13.7. The molecule has 2 aromatic carbocycles. The highest BCUT2D eigenvalue weighted by Crippen LogP contribution is 2.31. The average Bonchev–Trinajstić information content (AvgIpc) is 2.56. The van der Waals surface area contributed by atoms with Crippen molar-refractivity contribution in [3.05, 3.63) is 58.4 Å². The molecule has 3 rings (SSSR count). The van der Waals surface area contributed by atoms with E-state index in [2.05, 4.69) is 10.6 Å². The smallest absolute Gasteiger partial charge is 0.319 e. The number of fused-ring (bicyclic) bond motifs is 1. The van der Waals surface area contributed by atoms with Crippen molar-refractivity contribution < 1.29 is 17.6 Å². The fourth-order valence-corrected chi connectivity index (χ4v) is 4.05. The summed E-state index contributed by atoms with van der Waals surface area (Å²) < 4.78 is 36.9. The Morgan fingerprint density at radius 2 is 2.00 bits per heavy atom. The number of hydrogen-bond donors (Lipinski definition) is 2. The molecule has 1 aliphatic rings. The molecule has 26 heavy (non-hydrogen) atoms. The molecule has 0 unspecified atom stereocenters. The fourth-order valence-electron chi connectivity index (χ4n) is 3.11. The molecule has 0 bridgehead atoms. The highest BCUT2D eigenvalue weighted by atomic mass is 35.5. The Morgan fingerprint density at radius 1 is 1.23 bits per heavy atom. The van der Waals surface area contributed by atoms with Gasteiger partial charge in [-0.3, -0.25) is 0 Å². The normalized spacial score (nSPS) is 16.7. The van der Waals surface area contributed by atoms with Crippen molar-refractivity contribution in [2.24, 2.45) is 0 Å². The SMILES string of the molecule is CS(=O)(=O)c1cc(NC(=O)N[C@@H]2CCCc3ccc(Cl)cc32)ccc1F. The van der Waals surface area contributed by atoms with E-state index in [1.54, 1.807) is 0 Å². The number of rotatable bonds is 3. The van der Waals surface area contributed by atoms with Gasteiger partial charge in [-0.05, 0) is 60.7 Å². The Balaban J connectivity index is 1.76. The molecule has 138 valence electrons. The molecular formula is C18H18ClFN2O3S. The molecule has 2 aromatic rings. The van der Waals surface area contributed by atoms with Gasteiger partial charge >= 0.3 is 6.03 Å². The number of halogens is 2. The van der Waals surface area contributed by atoms with Gasteiger partial charge in [0.1, 0.15) is 10.7 Å². The summed E-state index contributed by atoms with van der Waals surface area (Å²) in [7, 11) is -3.73. The van der Waals surface area contributed by atoms with Crippen molar-refractivity contribution in [2.45, 2.75) is 30.2 Å². The highest BCUT2D eigenvalue weighted by molar-refractivity contribution is 7.90. The highest BCUT2D eigenvalue weighted by Gasteiger charge is 2.22. The Bertz CT molecular complexity index is 963. The fraction of sp³-hybridized carbons (Fsp3) is 0.278. The number of amides is 2. The van der Waals surface area contributed by atoms with Crippen LogP contribution in [-0.2, 0) is 16.3 Å². The molecule has 0 spiro atoms. The third-order valence-corrected chi connectivity index (χ3v) is 5.66. The summed E-state index contributed by atoms with van der Waals surface area (Å²) in [6.45, 7) is 0. The topological polar surface area (TPSA) is 75.3 Å². The van der Waals surface area contributed by atoms with Crippen molar-refractivity contribution in [3.63, 3.8) is 0 Å². The lowest BCUT2D eigenvalue weighted by atomic mass is 9.88. The van der Waals surface area contributed by atoms with Gasteiger partial charge in [-0.1, -0.05) is 17.7 Å². The van der Waals surface area contributed by atoms with Crippen LogP contribution in [-0.4, -0.2) is 20.7 Å². The van der Waals surface area contributed by atoms with Gasteiger partial charge in [-0.2, -0.15) is 0 Å². The van der Waals surface area contributed by atoms with Crippen LogP contribution in [0.4, 0.5) is 14.9 Å². The summed E-state index contributed by atoms with van der Waals surface area (Å²) in [5.41, 5.74) is 2.33. The Hall–Kier alpha value is -2.12. The van der Waals surface area contributed by atoms with E-state index in [-0.39, 0.29) is 11.7 Å². The van der Waals surface area contributed by atoms with E-state index in [1.807, 2.05) is 18.2 Å². The van der Waals surface area contributed by atoms with E-state index in [4.69, 9.17) is 11.6 Å². The molecule has 8 heteroatoms. The van der Waals surface area contributed by atoms with Crippen LogP contribution in [0.2, 0.25) is 5.02 Å². The lowest BCUT2D eigenvalue weighted by Crippen LogP contribution is -2.34. The van der Waals surface area contributed by atoms with Crippen LogP contribution in [0, 0.1) is 5.82 Å². The number of aryl methyl sites for hydroxylation is 1. The number of benzene rings is 2. The zero-order valence-electron chi connectivity index (χ0n) is 14.1. The quantitative estimate of drug-likeness (QED) is 0.820. The van der Waals surface area contributed by atoms with Crippen LogP contribution < -0.4 is 10.6 Å². The first-order valence-electron chi connectivity index (χ1n) is 8.09. The van der Waals surface area contributed by atoms with Crippen molar-refractivity contribution in [2.75, 3.05) is 11.6 Å². The van der Waals surface area contributed by atoms with E-state index < -0.39 is 26.6 Å². The van der Waals surface area contributed by atoms with Crippen LogP contribution in [0.25, 0.3) is 0 Å². The summed E-state index contributed by atoms with van der Waals surface area (Å²) in [5.74, 6) is -0.852. The summed E-state index contributed by atoms with van der Waals surface area (Å²) in [4.78, 5) is 11.9. The molecule has 2 N–H and O–H groups in total. The van der Waals surface area contributed by atoms with Gasteiger partial charge in [0.05, 0.1) is 6.04 Å². The first-order chi connectivity index (χ1) is 12.2. The van der Waals surface area contributed by atoms with Crippen molar-refractivity contribution in [1.82, 2.24) is 5.32 Å². The molecule has 0 aliphatic heterocycles. The molecule has 0 aromatic heterocycles. The second-order valence-corrected chi connectivity index (χ2v) is 8.72. The number of nitrogens with one attached hydrogen (secondary N) is 2. The summed E-state index contributed by atoms with van der Waals surface area (Å²) in [6, 6.07) is 8.39. The maximum Gasteiger partial charge on any atom is 0.319 e. The maximum absolute atomic E-state index is 13.7. The van der Waals surface area contributed by atoms with Gasteiger partial charge in [0, 0.05) is 17.0 Å². The minimum absolute atomic E-state index is 0.188. The zero-order chi connectivity index (χ0) is 18.9. The van der Waals surface area contributed by atoms with Crippen molar-refractivity contribution >= 4 is 33.2 Å². The first-order valence-corrected chi connectivity index (χ1v) is 10.4. The second kappa shape index (κ2) is 7.25. The zero-order valence-corrected chi connectivity index (χ0v) is 15.6. The lowest BCUT2D eigenvalue weighted by Gasteiger charge is -2.26. The van der Waals surface area contributed by atoms with Gasteiger partial charge in [0.15, 0.2) is 9.84 Å². The van der Waals surface area contributed by atoms with Gasteiger partial charge in [-0.25, -0.2) is 17.6 Å². The van der Waals surface area contributed by atoms with E-state index >= 15 is 0 Å². The number of hydrogen-bond acceptors (Lipinski definition) is 3. The molecule has 0 saturated heterocycles. The molecule has 0 saturated carbocycles. The van der Waals surface area contributed by atoms with E-state index in [0.29, 0.717) is 5.02 Å². The van der Waals surface area contributed by atoms with Crippen LogP contribution in [0.5, 0.6) is 0 Å². The molecule has 0 heterocycles. The minimum Gasteiger partial charge on any atom is -0.331 e. The number of urea groups is 1. The largest absolute Gasteiger partial charge is 0.331 e. The molecule has 1 atom stereocenters. The van der Waals surface area contributed by atoms with Crippen LogP contribution >= 0.6 is 11.6 Å². The van der Waals surface area contributed by atoms with Crippen LogP contribution in [0.1, 0.15) is 30.0 Å². The number of anilines is 1. The predicted octanol–water partition coefficient (Wildman–Crippen LogP) is 4.08. The Labute approximate surface area is 156 Å². The number of carbonyl (C=O) groups is 1. The lowest BCUT2D eigenvalue weighted by molar-refractivity contribution is 0.247. The van der Waals surface area contributed by atoms with Crippen molar-refractivity contribution in [3.8, 4) is 0 Å². The Morgan fingerprint density at radius 3 is 2.73 bits per heavy atom. The number of carbonyl (C=O) groups excluding carboxylic acids is 1. The first kappa shape index (κ1) is 18.7. The summed E-state index contributed by atoms with van der Waals surface area (Å²) in [5, 5.41) is 6.04. The molecule has 1 aliphatic carbocycles. The van der Waals surface area contributed by atoms with E-state index in [9.17, 15) is 17.6 Å². The van der Waals surface area contributed by atoms with Gasteiger partial charge in [-0.15, -0.1) is 0 Å². The minimum atomic E-state index is -3.73. The second-order valence-electron chi connectivity index (χ2n) is 6.30. The van der Waals surface area contributed by atoms with E-state index in [0.717, 1.165) is 48.8 Å². The third-order valence-electron chi connectivity index (χ3n) is 4.32. The molecule has 5 nitrogen and oxygen atoms in total. The van der Waals surface area contributed by atoms with Crippen molar-refractivity contribution in [1.29, 1.82) is 0 Å². The molecule has 0 fully saturated rings. The van der Waals surface area contributed by atoms with Gasteiger partial charge in [0.25, 0.3) is 0 Å². The van der Waals surface area contributed by atoms with Crippen LogP contribution in [0.15, 0.2) is 41.3 Å². The standard InChI is InChI=1S/C18H18ClFN2O3S/c1-26(24,25)17-10-13(7-8-15(17)20)21-18(23)22-16-4-2-3-11-5-6-12(19)9-14(11)16/h5-10,16H,2-4H2,1H3,(H2,21,22,23)/t16-/m1/s1. The average molecular weight is 397 g/mol. The van der Waals surface area contributed by atoms with Gasteiger partial charge in [0.2, 0.25) is 0 Å². The molecular weight excluding hydrogens is 379 g/mol. The number of sulfone groups is 1. The summed E-state index contributed by atoms with van der Waals surface area (Å²) in [6.07, 6.45) is 3.56. The monoisotopic (exact) mass is 396 g/mol. The third kappa shape index (κ3) is 4.16.